The quantitative estimate of drug-likeness (QED) is 0.907. The number of benzene rings is 1. The van der Waals surface area contributed by atoms with Gasteiger partial charge in [0, 0.05) is 5.56 Å². The molecule has 0 spiro atoms. The van der Waals surface area contributed by atoms with Crippen LogP contribution in [0.5, 0.6) is 0 Å². The van der Waals surface area contributed by atoms with E-state index in [0.29, 0.717) is 17.1 Å². The Morgan fingerprint density at radius 2 is 2.06 bits per heavy atom. The average molecular weight is 248 g/mol. The standard InChI is InChI=1S/C13H13FN2O2/c1-8-12(13(17)18)16(9(2)15-8)7-10-5-3-4-6-11(10)14/h3-6H,7H2,1-2H3,(H,17,18). The minimum atomic E-state index is -1.05. The predicted molar refractivity (Wildman–Crippen MR) is 64.2 cm³/mol. The molecular formula is C13H13FN2O2. The minimum absolute atomic E-state index is 0.107. The Balaban J connectivity index is 2.47. The predicted octanol–water partition coefficient (Wildman–Crippen LogP) is 2.39. The summed E-state index contributed by atoms with van der Waals surface area (Å²) < 4.78 is 15.1. The van der Waals surface area contributed by atoms with Crippen molar-refractivity contribution in [3.05, 3.63) is 52.9 Å². The smallest absolute Gasteiger partial charge is 0.354 e. The Hall–Kier alpha value is -2.17. The van der Waals surface area contributed by atoms with E-state index in [1.165, 1.54) is 10.6 Å². The first-order chi connectivity index (χ1) is 8.50. The van der Waals surface area contributed by atoms with Gasteiger partial charge in [0.1, 0.15) is 11.6 Å². The summed E-state index contributed by atoms with van der Waals surface area (Å²) in [6.45, 7) is 3.51. The highest BCUT2D eigenvalue weighted by molar-refractivity contribution is 5.87. The summed E-state index contributed by atoms with van der Waals surface area (Å²) in [6, 6.07) is 6.31. The summed E-state index contributed by atoms with van der Waals surface area (Å²) in [6.07, 6.45) is 0. The van der Waals surface area contributed by atoms with E-state index < -0.39 is 5.97 Å². The lowest BCUT2D eigenvalue weighted by atomic mass is 10.2. The van der Waals surface area contributed by atoms with Crippen molar-refractivity contribution in [2.45, 2.75) is 20.4 Å². The van der Waals surface area contributed by atoms with Gasteiger partial charge < -0.3 is 9.67 Å². The monoisotopic (exact) mass is 248 g/mol. The van der Waals surface area contributed by atoms with Gasteiger partial charge in [-0.1, -0.05) is 18.2 Å². The molecule has 1 aromatic carbocycles. The van der Waals surface area contributed by atoms with Crippen LogP contribution in [0.3, 0.4) is 0 Å². The molecule has 1 heterocycles. The number of aryl methyl sites for hydroxylation is 2. The van der Waals surface area contributed by atoms with Crippen molar-refractivity contribution >= 4 is 5.97 Å². The number of carboxylic acid groups (broad SMARTS) is 1. The fourth-order valence-electron chi connectivity index (χ4n) is 1.97. The number of rotatable bonds is 3. The Bertz CT molecular complexity index is 605. The van der Waals surface area contributed by atoms with Crippen LogP contribution in [0, 0.1) is 19.7 Å². The molecule has 0 saturated carbocycles. The molecule has 1 aromatic heterocycles. The highest BCUT2D eigenvalue weighted by Gasteiger charge is 2.18. The summed E-state index contributed by atoms with van der Waals surface area (Å²) in [7, 11) is 0. The second kappa shape index (κ2) is 4.60. The fraction of sp³-hybridized carbons (Fsp3) is 0.231. The van der Waals surface area contributed by atoms with Crippen molar-refractivity contribution in [1.82, 2.24) is 9.55 Å². The number of halogens is 1. The zero-order chi connectivity index (χ0) is 13.3. The molecule has 5 heteroatoms. The Kier molecular flexibility index (Phi) is 3.14. The molecule has 0 atom stereocenters. The second-order valence-corrected chi connectivity index (χ2v) is 4.08. The van der Waals surface area contributed by atoms with Crippen LogP contribution in [0.25, 0.3) is 0 Å². The number of carboxylic acids is 1. The van der Waals surface area contributed by atoms with Gasteiger partial charge >= 0.3 is 5.97 Å². The topological polar surface area (TPSA) is 55.1 Å². The van der Waals surface area contributed by atoms with Crippen LogP contribution >= 0.6 is 0 Å². The zero-order valence-electron chi connectivity index (χ0n) is 10.1. The molecule has 0 aliphatic rings. The zero-order valence-corrected chi connectivity index (χ0v) is 10.1. The highest BCUT2D eigenvalue weighted by Crippen LogP contribution is 2.15. The van der Waals surface area contributed by atoms with Crippen LogP contribution < -0.4 is 0 Å². The molecule has 0 aliphatic carbocycles. The van der Waals surface area contributed by atoms with E-state index in [4.69, 9.17) is 5.11 Å². The maximum atomic E-state index is 13.6. The maximum absolute atomic E-state index is 13.6. The molecule has 0 fully saturated rings. The van der Waals surface area contributed by atoms with E-state index in [9.17, 15) is 9.18 Å². The first-order valence-electron chi connectivity index (χ1n) is 5.51. The Morgan fingerprint density at radius 1 is 1.39 bits per heavy atom. The van der Waals surface area contributed by atoms with E-state index in [0.717, 1.165) is 0 Å². The Labute approximate surface area is 104 Å². The lowest BCUT2D eigenvalue weighted by molar-refractivity contribution is 0.0684. The van der Waals surface area contributed by atoms with Crippen LogP contribution in [-0.4, -0.2) is 20.6 Å². The van der Waals surface area contributed by atoms with Crippen LogP contribution in [0.15, 0.2) is 24.3 Å². The maximum Gasteiger partial charge on any atom is 0.354 e. The Morgan fingerprint density at radius 3 is 2.67 bits per heavy atom. The molecule has 0 aliphatic heterocycles. The van der Waals surface area contributed by atoms with Crippen LogP contribution in [0.2, 0.25) is 0 Å². The summed E-state index contributed by atoms with van der Waals surface area (Å²) in [5.41, 5.74) is 0.993. The van der Waals surface area contributed by atoms with Gasteiger partial charge in [-0.05, 0) is 19.9 Å². The third-order valence-electron chi connectivity index (χ3n) is 2.82. The SMILES string of the molecule is Cc1nc(C)n(Cc2ccccc2F)c1C(=O)O. The first-order valence-corrected chi connectivity index (χ1v) is 5.51. The second-order valence-electron chi connectivity index (χ2n) is 4.08. The normalized spacial score (nSPS) is 10.6. The van der Waals surface area contributed by atoms with Crippen LogP contribution in [0.1, 0.15) is 27.6 Å². The molecule has 4 nitrogen and oxygen atoms in total. The van der Waals surface area contributed by atoms with Gasteiger partial charge in [-0.3, -0.25) is 0 Å². The average Bonchev–Trinajstić information content (AvgIpc) is 2.57. The van der Waals surface area contributed by atoms with Gasteiger partial charge in [0.15, 0.2) is 5.69 Å². The molecule has 0 bridgehead atoms. The van der Waals surface area contributed by atoms with Gasteiger partial charge in [-0.15, -0.1) is 0 Å². The molecule has 0 amide bonds. The van der Waals surface area contributed by atoms with Crippen molar-refractivity contribution in [2.24, 2.45) is 0 Å². The summed E-state index contributed by atoms with van der Waals surface area (Å²) in [5, 5.41) is 9.15. The molecule has 18 heavy (non-hydrogen) atoms. The van der Waals surface area contributed by atoms with E-state index >= 15 is 0 Å². The fourth-order valence-corrected chi connectivity index (χ4v) is 1.97. The molecule has 0 radical (unpaired) electrons. The third kappa shape index (κ3) is 2.11. The van der Waals surface area contributed by atoms with Gasteiger partial charge in [-0.2, -0.15) is 0 Å². The molecule has 2 aromatic rings. The highest BCUT2D eigenvalue weighted by atomic mass is 19.1. The van der Waals surface area contributed by atoms with Crippen molar-refractivity contribution < 1.29 is 14.3 Å². The van der Waals surface area contributed by atoms with E-state index in [2.05, 4.69) is 4.98 Å². The van der Waals surface area contributed by atoms with Crippen LogP contribution in [0.4, 0.5) is 4.39 Å². The summed E-state index contributed by atoms with van der Waals surface area (Å²) in [5.74, 6) is -0.836. The molecule has 94 valence electrons. The lowest BCUT2D eigenvalue weighted by Crippen LogP contribution is -2.12. The van der Waals surface area contributed by atoms with E-state index in [-0.39, 0.29) is 18.1 Å². The van der Waals surface area contributed by atoms with Gasteiger partial charge in [-0.25, -0.2) is 14.2 Å². The summed E-state index contributed by atoms with van der Waals surface area (Å²) in [4.78, 5) is 15.3. The molecule has 1 N–H and O–H groups in total. The van der Waals surface area contributed by atoms with Crippen LogP contribution in [-0.2, 0) is 6.54 Å². The largest absolute Gasteiger partial charge is 0.477 e. The first kappa shape index (κ1) is 12.3. The van der Waals surface area contributed by atoms with Gasteiger partial charge in [0.05, 0.1) is 12.2 Å². The molecule has 0 saturated heterocycles. The molecule has 0 unspecified atom stereocenters. The lowest BCUT2D eigenvalue weighted by Gasteiger charge is -2.09. The third-order valence-corrected chi connectivity index (χ3v) is 2.82. The number of aromatic nitrogens is 2. The van der Waals surface area contributed by atoms with Crippen molar-refractivity contribution in [2.75, 3.05) is 0 Å². The number of hydrogen-bond acceptors (Lipinski definition) is 2. The molecular weight excluding hydrogens is 235 g/mol. The minimum Gasteiger partial charge on any atom is -0.477 e. The number of carbonyl (C=O) groups is 1. The van der Waals surface area contributed by atoms with E-state index in [1.54, 1.807) is 32.0 Å². The summed E-state index contributed by atoms with van der Waals surface area (Å²) >= 11 is 0. The van der Waals surface area contributed by atoms with Gasteiger partial charge in [0.25, 0.3) is 0 Å². The van der Waals surface area contributed by atoms with Crippen molar-refractivity contribution in [1.29, 1.82) is 0 Å². The number of hydrogen-bond donors (Lipinski definition) is 1. The number of nitrogens with zero attached hydrogens (tertiary/aromatic N) is 2. The number of aromatic carboxylic acids is 1. The number of imidazole rings is 1. The van der Waals surface area contributed by atoms with Crippen molar-refractivity contribution in [3.63, 3.8) is 0 Å². The molecule has 2 rings (SSSR count). The van der Waals surface area contributed by atoms with Crippen molar-refractivity contribution in [3.8, 4) is 0 Å². The van der Waals surface area contributed by atoms with E-state index in [1.807, 2.05) is 0 Å². The van der Waals surface area contributed by atoms with Gasteiger partial charge in [0.2, 0.25) is 0 Å².